The van der Waals surface area contributed by atoms with Crippen LogP contribution in [-0.2, 0) is 16.0 Å². The zero-order valence-electron chi connectivity index (χ0n) is 13.4. The first kappa shape index (κ1) is 16.8. The van der Waals surface area contributed by atoms with Gasteiger partial charge in [0.1, 0.15) is 0 Å². The standard InChI is InChI=1S/C17H15N3O4S/c1-23-17(22)11-3-2-4-13(9-11)18-14(21)5-6-15-19-20-16(24-15)12-7-8-25-10-12/h2-4,7-10H,5-6H2,1H3,(H,18,21). The minimum atomic E-state index is -0.456. The summed E-state index contributed by atoms with van der Waals surface area (Å²) < 4.78 is 10.2. The van der Waals surface area contributed by atoms with Crippen LogP contribution in [0.25, 0.3) is 11.5 Å². The summed E-state index contributed by atoms with van der Waals surface area (Å²) in [5.74, 6) is 0.183. The summed E-state index contributed by atoms with van der Waals surface area (Å²) in [6.45, 7) is 0. The van der Waals surface area contributed by atoms with Gasteiger partial charge >= 0.3 is 5.97 Å². The number of anilines is 1. The van der Waals surface area contributed by atoms with Crippen LogP contribution in [0.4, 0.5) is 5.69 Å². The highest BCUT2D eigenvalue weighted by molar-refractivity contribution is 7.08. The number of aryl methyl sites for hydroxylation is 1. The van der Waals surface area contributed by atoms with E-state index in [2.05, 4.69) is 20.3 Å². The molecule has 1 amide bonds. The van der Waals surface area contributed by atoms with Gasteiger partial charge in [0.25, 0.3) is 0 Å². The Bertz CT molecular complexity index is 874. The summed E-state index contributed by atoms with van der Waals surface area (Å²) in [5.41, 5.74) is 1.77. The summed E-state index contributed by atoms with van der Waals surface area (Å²) in [5, 5.41) is 14.5. The number of amides is 1. The van der Waals surface area contributed by atoms with Gasteiger partial charge in [-0.2, -0.15) is 11.3 Å². The topological polar surface area (TPSA) is 94.3 Å². The summed E-state index contributed by atoms with van der Waals surface area (Å²) in [6, 6.07) is 8.44. The van der Waals surface area contributed by atoms with E-state index in [-0.39, 0.29) is 12.3 Å². The fourth-order valence-electron chi connectivity index (χ4n) is 2.14. The maximum absolute atomic E-state index is 12.1. The van der Waals surface area contributed by atoms with Crippen LogP contribution in [0.5, 0.6) is 0 Å². The van der Waals surface area contributed by atoms with Crippen LogP contribution in [0, 0.1) is 0 Å². The number of benzene rings is 1. The molecule has 0 saturated carbocycles. The molecule has 2 heterocycles. The molecule has 2 aromatic heterocycles. The van der Waals surface area contributed by atoms with E-state index in [1.807, 2.05) is 16.8 Å². The SMILES string of the molecule is COC(=O)c1cccc(NC(=O)CCc2nnc(-c3ccsc3)o2)c1. The maximum atomic E-state index is 12.1. The highest BCUT2D eigenvalue weighted by atomic mass is 32.1. The Balaban J connectivity index is 1.56. The van der Waals surface area contributed by atoms with Crippen LogP contribution in [0.1, 0.15) is 22.7 Å². The van der Waals surface area contributed by atoms with Gasteiger partial charge in [-0.05, 0) is 29.6 Å². The third-order valence-corrected chi connectivity index (χ3v) is 4.05. The number of methoxy groups -OCH3 is 1. The second-order valence-electron chi connectivity index (χ2n) is 5.13. The molecule has 0 bridgehead atoms. The van der Waals surface area contributed by atoms with Gasteiger partial charge in [-0.3, -0.25) is 4.79 Å². The number of hydrogen-bond acceptors (Lipinski definition) is 7. The van der Waals surface area contributed by atoms with E-state index >= 15 is 0 Å². The van der Waals surface area contributed by atoms with Gasteiger partial charge in [-0.1, -0.05) is 6.07 Å². The van der Waals surface area contributed by atoms with Gasteiger partial charge in [-0.25, -0.2) is 4.79 Å². The number of nitrogens with one attached hydrogen (secondary N) is 1. The molecule has 0 unspecified atom stereocenters. The zero-order chi connectivity index (χ0) is 17.6. The van der Waals surface area contributed by atoms with Gasteiger partial charge in [-0.15, -0.1) is 10.2 Å². The predicted octanol–water partition coefficient (Wildman–Crippen LogP) is 3.16. The third-order valence-electron chi connectivity index (χ3n) is 3.37. The molecular weight excluding hydrogens is 342 g/mol. The first-order valence-corrected chi connectivity index (χ1v) is 8.43. The molecule has 0 radical (unpaired) electrons. The van der Waals surface area contributed by atoms with Crippen molar-refractivity contribution < 1.29 is 18.7 Å². The van der Waals surface area contributed by atoms with Crippen molar-refractivity contribution in [3.8, 4) is 11.5 Å². The molecule has 0 aliphatic rings. The normalized spacial score (nSPS) is 10.4. The van der Waals surface area contributed by atoms with E-state index in [0.29, 0.717) is 29.5 Å². The smallest absolute Gasteiger partial charge is 0.337 e. The minimum Gasteiger partial charge on any atom is -0.465 e. The minimum absolute atomic E-state index is 0.188. The summed E-state index contributed by atoms with van der Waals surface area (Å²) in [6.07, 6.45) is 0.521. The Morgan fingerprint density at radius 1 is 1.28 bits per heavy atom. The van der Waals surface area contributed by atoms with Crippen molar-refractivity contribution in [1.82, 2.24) is 10.2 Å². The first-order valence-electron chi connectivity index (χ1n) is 7.49. The first-order chi connectivity index (χ1) is 12.2. The van der Waals surface area contributed by atoms with E-state index in [1.165, 1.54) is 7.11 Å². The van der Waals surface area contributed by atoms with Crippen LogP contribution in [0.2, 0.25) is 0 Å². The number of rotatable bonds is 6. The molecule has 0 atom stereocenters. The molecular formula is C17H15N3O4S. The molecule has 8 heteroatoms. The van der Waals surface area contributed by atoms with Crippen molar-refractivity contribution in [2.45, 2.75) is 12.8 Å². The lowest BCUT2D eigenvalue weighted by Gasteiger charge is -2.06. The number of carbonyl (C=O) groups is 2. The van der Waals surface area contributed by atoms with Gasteiger partial charge in [0, 0.05) is 29.5 Å². The molecule has 3 aromatic rings. The number of nitrogens with zero attached hydrogens (tertiary/aromatic N) is 2. The van der Waals surface area contributed by atoms with E-state index in [0.717, 1.165) is 5.56 Å². The number of hydrogen-bond donors (Lipinski definition) is 1. The molecule has 0 saturated heterocycles. The largest absolute Gasteiger partial charge is 0.465 e. The molecule has 0 spiro atoms. The summed E-state index contributed by atoms with van der Waals surface area (Å²) in [4.78, 5) is 23.6. The maximum Gasteiger partial charge on any atom is 0.337 e. The van der Waals surface area contributed by atoms with Crippen molar-refractivity contribution in [2.24, 2.45) is 0 Å². The lowest BCUT2D eigenvalue weighted by Crippen LogP contribution is -2.13. The quantitative estimate of drug-likeness (QED) is 0.681. The van der Waals surface area contributed by atoms with Crippen molar-refractivity contribution >= 4 is 28.9 Å². The van der Waals surface area contributed by atoms with Crippen molar-refractivity contribution in [2.75, 3.05) is 12.4 Å². The number of carbonyl (C=O) groups excluding carboxylic acids is 2. The van der Waals surface area contributed by atoms with Gasteiger partial charge in [0.15, 0.2) is 0 Å². The average molecular weight is 357 g/mol. The van der Waals surface area contributed by atoms with Crippen LogP contribution >= 0.6 is 11.3 Å². The molecule has 1 aromatic carbocycles. The molecule has 128 valence electrons. The van der Waals surface area contributed by atoms with Gasteiger partial charge in [0.05, 0.1) is 12.7 Å². The Kier molecular flexibility index (Phi) is 5.20. The average Bonchev–Trinajstić information content (AvgIpc) is 3.30. The second-order valence-corrected chi connectivity index (χ2v) is 5.91. The fraction of sp³-hybridized carbons (Fsp3) is 0.176. The fourth-order valence-corrected chi connectivity index (χ4v) is 2.77. The zero-order valence-corrected chi connectivity index (χ0v) is 14.2. The Hall–Kier alpha value is -3.00. The Morgan fingerprint density at radius 2 is 2.16 bits per heavy atom. The molecule has 7 nitrogen and oxygen atoms in total. The van der Waals surface area contributed by atoms with Crippen LogP contribution in [-0.4, -0.2) is 29.2 Å². The highest BCUT2D eigenvalue weighted by Gasteiger charge is 2.12. The van der Waals surface area contributed by atoms with E-state index in [1.54, 1.807) is 35.6 Å². The van der Waals surface area contributed by atoms with Gasteiger partial charge < -0.3 is 14.5 Å². The molecule has 25 heavy (non-hydrogen) atoms. The van der Waals surface area contributed by atoms with E-state index in [4.69, 9.17) is 4.42 Å². The molecule has 0 fully saturated rings. The van der Waals surface area contributed by atoms with Crippen LogP contribution in [0.3, 0.4) is 0 Å². The monoisotopic (exact) mass is 357 g/mol. The molecule has 3 rings (SSSR count). The van der Waals surface area contributed by atoms with Crippen LogP contribution < -0.4 is 5.32 Å². The number of esters is 1. The van der Waals surface area contributed by atoms with Crippen molar-refractivity contribution in [1.29, 1.82) is 0 Å². The highest BCUT2D eigenvalue weighted by Crippen LogP contribution is 2.21. The predicted molar refractivity (Wildman–Crippen MR) is 92.3 cm³/mol. The second kappa shape index (κ2) is 7.71. The van der Waals surface area contributed by atoms with Crippen LogP contribution in [0.15, 0.2) is 45.5 Å². The summed E-state index contributed by atoms with van der Waals surface area (Å²) in [7, 11) is 1.31. The van der Waals surface area contributed by atoms with Crippen molar-refractivity contribution in [3.05, 3.63) is 52.5 Å². The molecule has 1 N–H and O–H groups in total. The lowest BCUT2D eigenvalue weighted by atomic mass is 10.2. The Labute approximate surface area is 147 Å². The third kappa shape index (κ3) is 4.30. The molecule has 0 aliphatic carbocycles. The van der Waals surface area contributed by atoms with E-state index in [9.17, 15) is 9.59 Å². The van der Waals surface area contributed by atoms with Crippen molar-refractivity contribution in [3.63, 3.8) is 0 Å². The number of aromatic nitrogens is 2. The van der Waals surface area contributed by atoms with Gasteiger partial charge in [0.2, 0.25) is 17.7 Å². The number of thiophene rings is 1. The lowest BCUT2D eigenvalue weighted by molar-refractivity contribution is -0.116. The number of ether oxygens (including phenoxy) is 1. The molecule has 0 aliphatic heterocycles. The van der Waals surface area contributed by atoms with E-state index < -0.39 is 5.97 Å². The summed E-state index contributed by atoms with van der Waals surface area (Å²) >= 11 is 1.54. The Morgan fingerprint density at radius 3 is 2.92 bits per heavy atom.